The molecule has 1 aliphatic rings. The van der Waals surface area contributed by atoms with Gasteiger partial charge in [0.15, 0.2) is 0 Å². The van der Waals surface area contributed by atoms with Gasteiger partial charge < -0.3 is 10.4 Å². The first kappa shape index (κ1) is 13.3. The van der Waals surface area contributed by atoms with Gasteiger partial charge in [-0.25, -0.2) is 18.4 Å². The van der Waals surface area contributed by atoms with Crippen molar-refractivity contribution in [2.75, 3.05) is 18.0 Å². The second-order valence-electron chi connectivity index (χ2n) is 4.13. The van der Waals surface area contributed by atoms with E-state index in [0.717, 1.165) is 5.56 Å². The fourth-order valence-corrected chi connectivity index (χ4v) is 2.01. The number of aromatic carboxylic acids is 1. The Morgan fingerprint density at radius 1 is 1.42 bits per heavy atom. The van der Waals surface area contributed by atoms with Crippen LogP contribution in [0.3, 0.4) is 0 Å². The Labute approximate surface area is 107 Å². The molecular weight excluding hydrogens is 258 g/mol. The zero-order valence-electron chi connectivity index (χ0n) is 9.90. The van der Waals surface area contributed by atoms with E-state index in [1.165, 1.54) is 23.1 Å². The molecule has 2 N–H and O–H groups in total. The molecular formula is C12H12F2N2O3. The van der Waals surface area contributed by atoms with E-state index < -0.39 is 25.0 Å². The molecule has 0 saturated heterocycles. The van der Waals surface area contributed by atoms with Crippen LogP contribution < -0.4 is 10.2 Å². The number of hydrogen-bond acceptors (Lipinski definition) is 2. The molecule has 1 aliphatic heterocycles. The number of amides is 2. The standard InChI is InChI=1S/C12H12F2N2O3/c13-10(14)6-15-12(19)16-4-3-7-5-8(11(17)18)1-2-9(7)16/h1-2,5,10H,3-4,6H2,(H,15,19)(H,17,18). The second-order valence-corrected chi connectivity index (χ2v) is 4.13. The van der Waals surface area contributed by atoms with Crippen LogP contribution >= 0.6 is 0 Å². The normalized spacial score (nSPS) is 13.5. The average molecular weight is 270 g/mol. The number of urea groups is 1. The van der Waals surface area contributed by atoms with Crippen LogP contribution in [0.1, 0.15) is 15.9 Å². The highest BCUT2D eigenvalue weighted by molar-refractivity contribution is 5.96. The summed E-state index contributed by atoms with van der Waals surface area (Å²) in [4.78, 5) is 23.9. The lowest BCUT2D eigenvalue weighted by Crippen LogP contribution is -2.40. The first-order chi connectivity index (χ1) is 8.99. The van der Waals surface area contributed by atoms with Crippen LogP contribution in [0.4, 0.5) is 19.3 Å². The van der Waals surface area contributed by atoms with Crippen molar-refractivity contribution in [2.24, 2.45) is 0 Å². The van der Waals surface area contributed by atoms with Gasteiger partial charge in [-0.3, -0.25) is 4.90 Å². The van der Waals surface area contributed by atoms with Crippen molar-refractivity contribution >= 4 is 17.7 Å². The van der Waals surface area contributed by atoms with Gasteiger partial charge in [-0.15, -0.1) is 0 Å². The van der Waals surface area contributed by atoms with Crippen LogP contribution in [0.2, 0.25) is 0 Å². The maximum atomic E-state index is 12.0. The van der Waals surface area contributed by atoms with Gasteiger partial charge in [0, 0.05) is 12.2 Å². The summed E-state index contributed by atoms with van der Waals surface area (Å²) in [5, 5.41) is 11.0. The lowest BCUT2D eigenvalue weighted by atomic mass is 10.1. The van der Waals surface area contributed by atoms with Crippen molar-refractivity contribution in [3.8, 4) is 0 Å². The quantitative estimate of drug-likeness (QED) is 0.878. The topological polar surface area (TPSA) is 69.6 Å². The van der Waals surface area contributed by atoms with Crippen LogP contribution in [-0.2, 0) is 6.42 Å². The molecule has 0 unspecified atom stereocenters. The highest BCUT2D eigenvalue weighted by Gasteiger charge is 2.25. The van der Waals surface area contributed by atoms with Crippen LogP contribution in [0.25, 0.3) is 0 Å². The molecule has 0 bridgehead atoms. The van der Waals surface area contributed by atoms with Gasteiger partial charge in [0.25, 0.3) is 6.43 Å². The van der Waals surface area contributed by atoms with Crippen LogP contribution in [0, 0.1) is 0 Å². The van der Waals surface area contributed by atoms with Gasteiger partial charge in [-0.2, -0.15) is 0 Å². The summed E-state index contributed by atoms with van der Waals surface area (Å²) >= 11 is 0. The highest BCUT2D eigenvalue weighted by Crippen LogP contribution is 2.28. The molecule has 0 radical (unpaired) electrons. The summed E-state index contributed by atoms with van der Waals surface area (Å²) in [6, 6.07) is 3.81. The number of carboxylic acids is 1. The van der Waals surface area contributed by atoms with Gasteiger partial charge in [0.1, 0.15) is 0 Å². The molecule has 19 heavy (non-hydrogen) atoms. The van der Waals surface area contributed by atoms with E-state index in [0.29, 0.717) is 18.7 Å². The number of anilines is 1. The minimum absolute atomic E-state index is 0.147. The summed E-state index contributed by atoms with van der Waals surface area (Å²) in [5.74, 6) is -1.04. The number of alkyl halides is 2. The molecule has 0 spiro atoms. The number of nitrogens with zero attached hydrogens (tertiary/aromatic N) is 1. The zero-order chi connectivity index (χ0) is 14.0. The SMILES string of the molecule is O=C(O)c1ccc2c(c1)CCN2C(=O)NCC(F)F. The lowest BCUT2D eigenvalue weighted by Gasteiger charge is -2.18. The summed E-state index contributed by atoms with van der Waals surface area (Å²) in [6.45, 7) is -0.342. The zero-order valence-corrected chi connectivity index (χ0v) is 9.90. The minimum atomic E-state index is -2.60. The fourth-order valence-electron chi connectivity index (χ4n) is 2.01. The maximum Gasteiger partial charge on any atom is 0.335 e. The fraction of sp³-hybridized carbons (Fsp3) is 0.333. The van der Waals surface area contributed by atoms with Gasteiger partial charge in [-0.05, 0) is 30.2 Å². The van der Waals surface area contributed by atoms with Crippen molar-refractivity contribution in [1.29, 1.82) is 0 Å². The molecule has 5 nitrogen and oxygen atoms in total. The van der Waals surface area contributed by atoms with Crippen LogP contribution in [0.5, 0.6) is 0 Å². The molecule has 0 saturated carbocycles. The predicted molar refractivity (Wildman–Crippen MR) is 63.9 cm³/mol. The Hall–Kier alpha value is -2.18. The number of fused-ring (bicyclic) bond motifs is 1. The molecule has 0 fully saturated rings. The highest BCUT2D eigenvalue weighted by atomic mass is 19.3. The molecule has 0 atom stereocenters. The van der Waals surface area contributed by atoms with Crippen molar-refractivity contribution < 1.29 is 23.5 Å². The van der Waals surface area contributed by atoms with Crippen LogP contribution in [-0.4, -0.2) is 36.6 Å². The van der Waals surface area contributed by atoms with E-state index >= 15 is 0 Å². The summed E-state index contributed by atoms with van der Waals surface area (Å²) in [5.41, 5.74) is 1.44. The van der Waals surface area contributed by atoms with Crippen molar-refractivity contribution in [3.05, 3.63) is 29.3 Å². The van der Waals surface area contributed by atoms with E-state index in [1.807, 2.05) is 0 Å². The average Bonchev–Trinajstić information content (AvgIpc) is 2.78. The van der Waals surface area contributed by atoms with Crippen molar-refractivity contribution in [2.45, 2.75) is 12.8 Å². The van der Waals surface area contributed by atoms with Gasteiger partial charge in [0.2, 0.25) is 0 Å². The molecule has 0 aliphatic carbocycles. The van der Waals surface area contributed by atoms with E-state index in [1.54, 1.807) is 0 Å². The third-order valence-electron chi connectivity index (χ3n) is 2.87. The molecule has 0 aromatic heterocycles. The number of carbonyl (C=O) groups is 2. The second kappa shape index (κ2) is 5.21. The number of nitrogens with one attached hydrogen (secondary N) is 1. The first-order valence-corrected chi connectivity index (χ1v) is 5.69. The van der Waals surface area contributed by atoms with E-state index in [4.69, 9.17) is 5.11 Å². The number of rotatable bonds is 3. The Bertz CT molecular complexity index is 520. The van der Waals surface area contributed by atoms with E-state index in [-0.39, 0.29) is 5.56 Å². The molecule has 1 aromatic carbocycles. The lowest BCUT2D eigenvalue weighted by molar-refractivity contribution is 0.0696. The Morgan fingerprint density at radius 2 is 2.16 bits per heavy atom. The minimum Gasteiger partial charge on any atom is -0.478 e. The summed E-state index contributed by atoms with van der Waals surface area (Å²) in [6.07, 6.45) is -2.08. The smallest absolute Gasteiger partial charge is 0.335 e. The molecule has 2 rings (SSSR count). The Morgan fingerprint density at radius 3 is 2.79 bits per heavy atom. The van der Waals surface area contributed by atoms with Crippen molar-refractivity contribution in [1.82, 2.24) is 5.32 Å². The van der Waals surface area contributed by atoms with Gasteiger partial charge >= 0.3 is 12.0 Å². The largest absolute Gasteiger partial charge is 0.478 e. The summed E-state index contributed by atoms with van der Waals surface area (Å²) in [7, 11) is 0. The van der Waals surface area contributed by atoms with E-state index in [9.17, 15) is 18.4 Å². The van der Waals surface area contributed by atoms with Crippen molar-refractivity contribution in [3.63, 3.8) is 0 Å². The Balaban J connectivity index is 2.13. The number of halogens is 2. The third-order valence-corrected chi connectivity index (χ3v) is 2.87. The molecule has 1 heterocycles. The maximum absolute atomic E-state index is 12.0. The van der Waals surface area contributed by atoms with Crippen LogP contribution in [0.15, 0.2) is 18.2 Å². The van der Waals surface area contributed by atoms with E-state index in [2.05, 4.69) is 5.32 Å². The predicted octanol–water partition coefficient (Wildman–Crippen LogP) is 1.72. The third kappa shape index (κ3) is 2.81. The van der Waals surface area contributed by atoms with Gasteiger partial charge in [0.05, 0.1) is 12.1 Å². The first-order valence-electron chi connectivity index (χ1n) is 5.69. The molecule has 102 valence electrons. The number of hydrogen-bond donors (Lipinski definition) is 2. The molecule has 1 aromatic rings. The number of carbonyl (C=O) groups excluding carboxylic acids is 1. The monoisotopic (exact) mass is 270 g/mol. The molecule has 2 amide bonds. The Kier molecular flexibility index (Phi) is 3.64. The number of carboxylic acid groups (broad SMARTS) is 1. The number of benzene rings is 1. The summed E-state index contributed by atoms with van der Waals surface area (Å²) < 4.78 is 24.0. The molecule has 7 heteroatoms. The van der Waals surface area contributed by atoms with Gasteiger partial charge in [-0.1, -0.05) is 0 Å².